The standard InChI is InChI=1S/C8H5F6N/c1-3-5(8(12,13)14)6(9)4(2-15-3)7(10)11/h2,7H,1H3. The minimum atomic E-state index is -5.02. The average Bonchev–Trinajstić information content (AvgIpc) is 2.00. The molecule has 1 rings (SSSR count). The minimum Gasteiger partial charge on any atom is -0.260 e. The first-order chi connectivity index (χ1) is 6.75. The third-order valence-corrected chi connectivity index (χ3v) is 1.75. The van der Waals surface area contributed by atoms with Crippen LogP contribution in [-0.2, 0) is 6.18 Å². The lowest BCUT2D eigenvalue weighted by Gasteiger charge is -2.12. The Bertz CT molecular complexity index is 370. The molecule has 0 aliphatic heterocycles. The van der Waals surface area contributed by atoms with Crippen molar-refractivity contribution in [3.63, 3.8) is 0 Å². The first-order valence-electron chi connectivity index (χ1n) is 3.75. The molecule has 0 aliphatic carbocycles. The van der Waals surface area contributed by atoms with Crippen LogP contribution in [0.25, 0.3) is 0 Å². The predicted octanol–water partition coefficient (Wildman–Crippen LogP) is 3.49. The van der Waals surface area contributed by atoms with Gasteiger partial charge in [-0.25, -0.2) is 13.2 Å². The SMILES string of the molecule is Cc1ncc(C(F)F)c(F)c1C(F)(F)F. The van der Waals surface area contributed by atoms with Crippen molar-refractivity contribution in [3.8, 4) is 0 Å². The summed E-state index contributed by atoms with van der Waals surface area (Å²) in [4.78, 5) is 3.09. The second-order valence-corrected chi connectivity index (χ2v) is 2.79. The van der Waals surface area contributed by atoms with E-state index in [1.165, 1.54) is 0 Å². The molecule has 1 nitrogen and oxygen atoms in total. The molecule has 0 saturated carbocycles. The Labute approximate surface area is 80.7 Å². The first kappa shape index (κ1) is 11.8. The number of rotatable bonds is 1. The topological polar surface area (TPSA) is 12.9 Å². The zero-order valence-electron chi connectivity index (χ0n) is 7.37. The fourth-order valence-electron chi connectivity index (χ4n) is 1.07. The fourth-order valence-corrected chi connectivity index (χ4v) is 1.07. The normalized spacial score (nSPS) is 12.3. The maximum atomic E-state index is 13.0. The fraction of sp³-hybridized carbons (Fsp3) is 0.375. The van der Waals surface area contributed by atoms with E-state index in [4.69, 9.17) is 0 Å². The number of aromatic nitrogens is 1. The summed E-state index contributed by atoms with van der Waals surface area (Å²) in [6.07, 6.45) is -7.93. The van der Waals surface area contributed by atoms with E-state index in [0.717, 1.165) is 6.92 Å². The van der Waals surface area contributed by atoms with Crippen molar-refractivity contribution in [2.24, 2.45) is 0 Å². The Hall–Kier alpha value is -1.27. The van der Waals surface area contributed by atoms with Crippen LogP contribution in [0.2, 0.25) is 0 Å². The van der Waals surface area contributed by atoms with Gasteiger partial charge in [0.2, 0.25) is 0 Å². The van der Waals surface area contributed by atoms with Gasteiger partial charge in [0.1, 0.15) is 11.4 Å². The van der Waals surface area contributed by atoms with Crippen molar-refractivity contribution >= 4 is 0 Å². The zero-order valence-corrected chi connectivity index (χ0v) is 7.37. The summed E-state index contributed by atoms with van der Waals surface area (Å²) in [6, 6.07) is 0. The molecule has 0 N–H and O–H groups in total. The quantitative estimate of drug-likeness (QED) is 0.671. The third kappa shape index (κ3) is 2.21. The summed E-state index contributed by atoms with van der Waals surface area (Å²) in [7, 11) is 0. The molecule has 0 unspecified atom stereocenters. The van der Waals surface area contributed by atoms with E-state index in [2.05, 4.69) is 4.98 Å². The number of hydrogen-bond acceptors (Lipinski definition) is 1. The second kappa shape index (κ2) is 3.71. The molecular formula is C8H5F6N. The van der Waals surface area contributed by atoms with Crippen molar-refractivity contribution in [1.82, 2.24) is 4.98 Å². The van der Waals surface area contributed by atoms with Gasteiger partial charge in [-0.3, -0.25) is 4.98 Å². The van der Waals surface area contributed by atoms with Crippen molar-refractivity contribution < 1.29 is 26.3 Å². The lowest BCUT2D eigenvalue weighted by molar-refractivity contribution is -0.140. The number of hydrogen-bond donors (Lipinski definition) is 0. The van der Waals surface area contributed by atoms with Gasteiger partial charge < -0.3 is 0 Å². The van der Waals surface area contributed by atoms with Gasteiger partial charge in [-0.2, -0.15) is 13.2 Å². The van der Waals surface area contributed by atoms with Crippen molar-refractivity contribution in [3.05, 3.63) is 28.8 Å². The molecule has 0 saturated heterocycles. The van der Waals surface area contributed by atoms with Gasteiger partial charge in [0, 0.05) is 6.20 Å². The van der Waals surface area contributed by atoms with Crippen LogP contribution in [0, 0.1) is 12.7 Å². The Morgan fingerprint density at radius 3 is 2.20 bits per heavy atom. The Morgan fingerprint density at radius 1 is 1.27 bits per heavy atom. The van der Waals surface area contributed by atoms with Crippen LogP contribution in [0.5, 0.6) is 0 Å². The summed E-state index contributed by atoms with van der Waals surface area (Å²) in [5.41, 5.74) is -3.74. The van der Waals surface area contributed by atoms with Crippen molar-refractivity contribution in [2.45, 2.75) is 19.5 Å². The predicted molar refractivity (Wildman–Crippen MR) is 38.9 cm³/mol. The lowest BCUT2D eigenvalue weighted by Crippen LogP contribution is -2.14. The molecular weight excluding hydrogens is 224 g/mol. The largest absolute Gasteiger partial charge is 0.420 e. The molecule has 0 radical (unpaired) electrons. The van der Waals surface area contributed by atoms with E-state index in [-0.39, 0.29) is 0 Å². The van der Waals surface area contributed by atoms with Crippen LogP contribution in [0.1, 0.15) is 23.2 Å². The van der Waals surface area contributed by atoms with Crippen LogP contribution in [-0.4, -0.2) is 4.98 Å². The molecule has 0 atom stereocenters. The monoisotopic (exact) mass is 229 g/mol. The van der Waals surface area contributed by atoms with Gasteiger partial charge in [0.15, 0.2) is 0 Å². The molecule has 0 bridgehead atoms. The highest BCUT2D eigenvalue weighted by molar-refractivity contribution is 5.30. The van der Waals surface area contributed by atoms with E-state index in [1.807, 2.05) is 0 Å². The molecule has 0 amide bonds. The lowest BCUT2D eigenvalue weighted by atomic mass is 10.1. The number of aryl methyl sites for hydroxylation is 1. The van der Waals surface area contributed by atoms with E-state index >= 15 is 0 Å². The maximum Gasteiger partial charge on any atom is 0.420 e. The smallest absolute Gasteiger partial charge is 0.260 e. The van der Waals surface area contributed by atoms with Gasteiger partial charge in [0.05, 0.1) is 11.3 Å². The van der Waals surface area contributed by atoms with Gasteiger partial charge in [-0.15, -0.1) is 0 Å². The Morgan fingerprint density at radius 2 is 1.80 bits per heavy atom. The number of pyridine rings is 1. The number of alkyl halides is 5. The van der Waals surface area contributed by atoms with E-state index in [1.54, 1.807) is 0 Å². The summed E-state index contributed by atoms with van der Waals surface area (Å²) in [5.74, 6) is -1.95. The molecule has 1 aromatic heterocycles. The number of nitrogens with zero attached hydrogens (tertiary/aromatic N) is 1. The number of halogens is 6. The van der Waals surface area contributed by atoms with Crippen LogP contribution < -0.4 is 0 Å². The van der Waals surface area contributed by atoms with Crippen LogP contribution >= 0.6 is 0 Å². The third-order valence-electron chi connectivity index (χ3n) is 1.75. The van der Waals surface area contributed by atoms with Gasteiger partial charge in [-0.1, -0.05) is 0 Å². The zero-order chi connectivity index (χ0) is 11.8. The van der Waals surface area contributed by atoms with E-state index in [9.17, 15) is 26.3 Å². The molecule has 0 aliphatic rings. The minimum absolute atomic E-state index is 0.407. The van der Waals surface area contributed by atoms with Crippen molar-refractivity contribution in [2.75, 3.05) is 0 Å². The summed E-state index contributed by atoms with van der Waals surface area (Å²) in [6.45, 7) is 0.904. The Balaban J connectivity index is 3.44. The second-order valence-electron chi connectivity index (χ2n) is 2.79. The van der Waals surface area contributed by atoms with Gasteiger partial charge in [-0.05, 0) is 6.92 Å². The first-order valence-corrected chi connectivity index (χ1v) is 3.75. The van der Waals surface area contributed by atoms with Crippen molar-refractivity contribution in [1.29, 1.82) is 0 Å². The molecule has 0 spiro atoms. The van der Waals surface area contributed by atoms with E-state index in [0.29, 0.717) is 6.20 Å². The van der Waals surface area contributed by atoms with Crippen LogP contribution in [0.15, 0.2) is 6.20 Å². The average molecular weight is 229 g/mol. The molecule has 0 fully saturated rings. The molecule has 0 aromatic carbocycles. The highest BCUT2D eigenvalue weighted by Crippen LogP contribution is 2.36. The molecule has 7 heteroatoms. The summed E-state index contributed by atoms with van der Waals surface area (Å²) in [5, 5.41) is 0. The van der Waals surface area contributed by atoms with Crippen LogP contribution in [0.3, 0.4) is 0 Å². The van der Waals surface area contributed by atoms with Crippen LogP contribution in [0.4, 0.5) is 26.3 Å². The molecule has 1 aromatic rings. The van der Waals surface area contributed by atoms with Gasteiger partial charge in [0.25, 0.3) is 6.43 Å². The maximum absolute atomic E-state index is 13.0. The highest BCUT2D eigenvalue weighted by Gasteiger charge is 2.38. The molecule has 1 heterocycles. The van der Waals surface area contributed by atoms with Gasteiger partial charge >= 0.3 is 6.18 Å². The highest BCUT2D eigenvalue weighted by atomic mass is 19.4. The molecule has 84 valence electrons. The Kier molecular flexibility index (Phi) is 2.92. The summed E-state index contributed by atoms with van der Waals surface area (Å²) >= 11 is 0. The molecule has 15 heavy (non-hydrogen) atoms. The van der Waals surface area contributed by atoms with E-state index < -0.39 is 35.2 Å². The summed E-state index contributed by atoms with van der Waals surface area (Å²) < 4.78 is 73.9.